The van der Waals surface area contributed by atoms with E-state index in [1.165, 1.54) is 13.3 Å². The summed E-state index contributed by atoms with van der Waals surface area (Å²) in [4.78, 5) is 40.0. The van der Waals surface area contributed by atoms with Crippen LogP contribution in [0, 0.1) is 0 Å². The number of anilines is 1. The zero-order valence-electron chi connectivity index (χ0n) is 21.4. The number of benzene rings is 1. The van der Waals surface area contributed by atoms with E-state index in [4.69, 9.17) is 35.3 Å². The van der Waals surface area contributed by atoms with Crippen molar-refractivity contribution < 1.29 is 38.7 Å². The van der Waals surface area contributed by atoms with E-state index in [9.17, 15) is 24.6 Å². The van der Waals surface area contributed by atoms with Gasteiger partial charge in [0.25, 0.3) is 5.56 Å². The van der Waals surface area contributed by atoms with Crippen molar-refractivity contribution in [3.63, 3.8) is 0 Å². The predicted octanol–water partition coefficient (Wildman–Crippen LogP) is 0.0287. The molecule has 3 heterocycles. The molecule has 2 saturated heterocycles. The van der Waals surface area contributed by atoms with Crippen molar-refractivity contribution in [1.29, 1.82) is 0 Å². The number of hydrogen-bond donors (Lipinski definition) is 3. The van der Waals surface area contributed by atoms with Gasteiger partial charge in [-0.05, 0) is 12.1 Å². The van der Waals surface area contributed by atoms with Crippen LogP contribution in [0.2, 0.25) is 5.02 Å². The summed E-state index contributed by atoms with van der Waals surface area (Å²) in [5, 5.41) is 21.3. The first-order valence-electron chi connectivity index (χ1n) is 12.5. The summed E-state index contributed by atoms with van der Waals surface area (Å²) in [6, 6.07) is 8.58. The molecule has 1 aromatic heterocycles. The molecule has 39 heavy (non-hydrogen) atoms. The molecule has 0 spiro atoms. The normalized spacial score (nSPS) is 24.6. The van der Waals surface area contributed by atoms with E-state index in [0.29, 0.717) is 31.0 Å². The van der Waals surface area contributed by atoms with Gasteiger partial charge in [0, 0.05) is 45.3 Å². The molecular weight excluding hydrogens is 538 g/mol. The highest BCUT2D eigenvalue weighted by molar-refractivity contribution is 6.33. The van der Waals surface area contributed by atoms with E-state index < -0.39 is 54.2 Å². The molecule has 0 bridgehead atoms. The number of aromatic nitrogens is 2. The van der Waals surface area contributed by atoms with Gasteiger partial charge >= 0.3 is 11.7 Å². The Kier molecular flexibility index (Phi) is 9.77. The van der Waals surface area contributed by atoms with E-state index in [-0.39, 0.29) is 19.8 Å². The van der Waals surface area contributed by atoms with Crippen LogP contribution in [0.4, 0.5) is 5.69 Å². The zero-order chi connectivity index (χ0) is 28.0. The fourth-order valence-corrected chi connectivity index (χ4v) is 4.99. The molecule has 0 radical (unpaired) electrons. The minimum atomic E-state index is -1.32. The van der Waals surface area contributed by atoms with E-state index in [1.54, 1.807) is 6.07 Å². The molecule has 4 rings (SSSR count). The number of carbonyl (C=O) groups excluding carboxylic acids is 1. The van der Waals surface area contributed by atoms with Gasteiger partial charge in [-0.25, -0.2) is 9.59 Å². The summed E-state index contributed by atoms with van der Waals surface area (Å²) in [5.74, 6) is -1.82. The van der Waals surface area contributed by atoms with Crippen molar-refractivity contribution in [2.24, 2.45) is 0 Å². The Morgan fingerprint density at radius 2 is 1.95 bits per heavy atom. The molecule has 2 aliphatic rings. The molecule has 2 fully saturated rings. The number of nitrogens with one attached hydrogen (secondary N) is 1. The van der Waals surface area contributed by atoms with Crippen molar-refractivity contribution >= 4 is 23.3 Å². The number of rotatable bonds is 11. The highest BCUT2D eigenvalue weighted by atomic mass is 35.5. The Labute approximate surface area is 228 Å². The molecule has 4 atom stereocenters. The average Bonchev–Trinajstić information content (AvgIpc) is 3.22. The highest BCUT2D eigenvalue weighted by Crippen LogP contribution is 2.39. The van der Waals surface area contributed by atoms with Gasteiger partial charge in [0.1, 0.15) is 31.5 Å². The number of methoxy groups -OCH3 is 1. The molecule has 1 aromatic carbocycles. The molecule has 0 unspecified atom stereocenters. The van der Waals surface area contributed by atoms with Gasteiger partial charge in [0.05, 0.1) is 23.9 Å². The molecule has 214 valence electrons. The van der Waals surface area contributed by atoms with Crippen LogP contribution in [-0.4, -0.2) is 96.5 Å². The number of carbonyl (C=O) groups is 1. The first-order valence-corrected chi connectivity index (χ1v) is 12.9. The van der Waals surface area contributed by atoms with Crippen LogP contribution in [0.3, 0.4) is 0 Å². The first-order chi connectivity index (χ1) is 18.8. The molecule has 0 saturated carbocycles. The number of hydrogen-bond acceptors (Lipinski definition) is 11. The maximum Gasteiger partial charge on any atom is 0.332 e. The van der Waals surface area contributed by atoms with Crippen molar-refractivity contribution in [3.8, 4) is 0 Å². The minimum absolute atomic E-state index is 0.0160. The third-order valence-corrected chi connectivity index (χ3v) is 6.98. The summed E-state index contributed by atoms with van der Waals surface area (Å²) in [7, 11) is 1.38. The zero-order valence-corrected chi connectivity index (χ0v) is 22.1. The summed E-state index contributed by atoms with van der Waals surface area (Å²) in [6.07, 6.45) is -2.79. The Balaban J connectivity index is 1.56. The lowest BCUT2D eigenvalue weighted by molar-refractivity contribution is -0.289. The van der Waals surface area contributed by atoms with E-state index >= 15 is 0 Å². The maximum atomic E-state index is 12.5. The Morgan fingerprint density at radius 3 is 2.62 bits per heavy atom. The Hall–Kier alpha value is -2.78. The number of aliphatic hydroxyl groups excluding tert-OH is 2. The van der Waals surface area contributed by atoms with E-state index in [2.05, 4.69) is 9.88 Å². The predicted molar refractivity (Wildman–Crippen MR) is 138 cm³/mol. The quantitative estimate of drug-likeness (QED) is 0.190. The van der Waals surface area contributed by atoms with Crippen LogP contribution in [0.5, 0.6) is 0 Å². The first kappa shape index (κ1) is 29.2. The lowest BCUT2D eigenvalue weighted by atomic mass is 10.0. The number of piperidine rings is 1. The van der Waals surface area contributed by atoms with Gasteiger partial charge in [-0.1, -0.05) is 23.7 Å². The van der Waals surface area contributed by atoms with Crippen LogP contribution in [0.15, 0.2) is 46.1 Å². The number of aromatic amines is 1. The van der Waals surface area contributed by atoms with Crippen molar-refractivity contribution in [2.45, 2.75) is 43.2 Å². The minimum Gasteiger partial charge on any atom is -0.462 e. The lowest BCUT2D eigenvalue weighted by Gasteiger charge is -2.44. The molecule has 0 aliphatic carbocycles. The second-order valence-electron chi connectivity index (χ2n) is 9.19. The average molecular weight is 570 g/mol. The van der Waals surface area contributed by atoms with Gasteiger partial charge in [-0.3, -0.25) is 14.3 Å². The monoisotopic (exact) mass is 569 g/mol. The summed E-state index contributed by atoms with van der Waals surface area (Å²) in [5.41, 5.74) is -0.510. The van der Waals surface area contributed by atoms with Gasteiger partial charge in [-0.15, -0.1) is 0 Å². The second kappa shape index (κ2) is 13.0. The number of H-pyrrole nitrogens is 1. The number of esters is 1. The number of ether oxygens (including phenoxy) is 5. The topological polar surface area (TPSA) is 162 Å². The van der Waals surface area contributed by atoms with E-state index in [1.807, 2.05) is 18.2 Å². The molecule has 13 nitrogen and oxygen atoms in total. The van der Waals surface area contributed by atoms with Crippen LogP contribution in [0.1, 0.15) is 19.1 Å². The fourth-order valence-electron chi connectivity index (χ4n) is 4.73. The SMILES string of the molecule is COCC(=O)OCCOC1(O[C@@H]2[C@H](O)[C@@H](CO)O[C@H]2n2ccc(=O)[nH]c2=O)CCN(c2ccccc2Cl)CC1. The third-order valence-electron chi connectivity index (χ3n) is 6.66. The summed E-state index contributed by atoms with van der Waals surface area (Å²) < 4.78 is 29.3. The highest BCUT2D eigenvalue weighted by Gasteiger charge is 2.50. The number of nitrogens with zero attached hydrogens (tertiary/aromatic N) is 2. The molecular formula is C25H32ClN3O10. The van der Waals surface area contributed by atoms with Gasteiger partial charge in [0.15, 0.2) is 12.0 Å². The lowest BCUT2D eigenvalue weighted by Crippen LogP contribution is -2.53. The largest absolute Gasteiger partial charge is 0.462 e. The number of halogens is 1. The van der Waals surface area contributed by atoms with Gasteiger partial charge in [-0.2, -0.15) is 0 Å². The third kappa shape index (κ3) is 6.87. The number of aliphatic hydroxyl groups is 2. The van der Waals surface area contributed by atoms with Crippen LogP contribution in [0.25, 0.3) is 0 Å². The van der Waals surface area contributed by atoms with Gasteiger partial charge in [0.2, 0.25) is 0 Å². The van der Waals surface area contributed by atoms with Crippen molar-refractivity contribution in [2.75, 3.05) is 51.5 Å². The smallest absolute Gasteiger partial charge is 0.332 e. The molecule has 0 amide bonds. The fraction of sp³-hybridized carbons (Fsp3) is 0.560. The van der Waals surface area contributed by atoms with Crippen molar-refractivity contribution in [1.82, 2.24) is 9.55 Å². The summed E-state index contributed by atoms with van der Waals surface area (Å²) >= 11 is 6.39. The summed E-state index contributed by atoms with van der Waals surface area (Å²) in [6.45, 7) is 0.149. The molecule has 3 N–H and O–H groups in total. The Morgan fingerprint density at radius 1 is 1.21 bits per heavy atom. The molecule has 2 aliphatic heterocycles. The standard InChI is InChI=1S/C25H32ClN3O10/c1-35-15-20(32)36-12-13-37-25(7-10-28(11-8-25)17-5-3-2-4-16(17)26)39-22-21(33)18(14-30)38-23(22)29-9-6-19(31)27-24(29)34/h2-6,9,18,21-23,30,33H,7-8,10-15H2,1H3,(H,27,31,34)/t18-,21-,22-,23-/m1/s1. The molecule has 2 aromatic rings. The Bertz CT molecular complexity index is 1230. The van der Waals surface area contributed by atoms with Crippen LogP contribution < -0.4 is 16.1 Å². The maximum absolute atomic E-state index is 12.5. The van der Waals surface area contributed by atoms with Crippen molar-refractivity contribution in [3.05, 3.63) is 62.4 Å². The van der Waals surface area contributed by atoms with Gasteiger partial charge < -0.3 is 38.8 Å². The second-order valence-corrected chi connectivity index (χ2v) is 9.60. The molecule has 14 heteroatoms. The number of para-hydroxylation sites is 1. The van der Waals surface area contributed by atoms with Crippen LogP contribution >= 0.6 is 11.6 Å². The van der Waals surface area contributed by atoms with E-state index in [0.717, 1.165) is 16.3 Å². The van der Waals surface area contributed by atoms with Crippen LogP contribution in [-0.2, 0) is 28.5 Å².